The van der Waals surface area contributed by atoms with Gasteiger partial charge >= 0.3 is 5.69 Å². The molecule has 0 saturated heterocycles. The fourth-order valence-corrected chi connectivity index (χ4v) is 2.55. The van der Waals surface area contributed by atoms with Gasteiger partial charge in [0.15, 0.2) is 0 Å². The zero-order valence-corrected chi connectivity index (χ0v) is 11.4. The Morgan fingerprint density at radius 3 is 2.84 bits per heavy atom. The zero-order chi connectivity index (χ0) is 13.7. The summed E-state index contributed by atoms with van der Waals surface area (Å²) in [5.74, 6) is 0. The lowest BCUT2D eigenvalue weighted by molar-refractivity contribution is -0.383. The van der Waals surface area contributed by atoms with E-state index >= 15 is 0 Å². The molecule has 2 rings (SSSR count). The van der Waals surface area contributed by atoms with E-state index in [4.69, 9.17) is 16.3 Å². The summed E-state index contributed by atoms with van der Waals surface area (Å²) in [4.78, 5) is 10.5. The van der Waals surface area contributed by atoms with Crippen molar-refractivity contribution in [2.75, 3.05) is 18.5 Å². The minimum absolute atomic E-state index is 0.0787. The highest BCUT2D eigenvalue weighted by molar-refractivity contribution is 6.33. The van der Waals surface area contributed by atoms with Gasteiger partial charge in [0.25, 0.3) is 0 Å². The predicted molar refractivity (Wildman–Crippen MR) is 74.8 cm³/mol. The molecule has 0 aliphatic heterocycles. The third-order valence-electron chi connectivity index (χ3n) is 3.24. The molecular weight excluding hydrogens is 268 g/mol. The van der Waals surface area contributed by atoms with Gasteiger partial charge in [0.2, 0.25) is 0 Å². The summed E-state index contributed by atoms with van der Waals surface area (Å²) in [5.41, 5.74) is 0.359. The molecule has 1 fully saturated rings. The molecule has 0 radical (unpaired) electrons. The van der Waals surface area contributed by atoms with Crippen LogP contribution in [0.15, 0.2) is 18.2 Å². The summed E-state index contributed by atoms with van der Waals surface area (Å²) in [5, 5.41) is 14.1. The van der Waals surface area contributed by atoms with Crippen molar-refractivity contribution in [2.45, 2.75) is 31.8 Å². The Morgan fingerprint density at radius 2 is 2.16 bits per heavy atom. The van der Waals surface area contributed by atoms with E-state index in [1.165, 1.54) is 18.9 Å². The SMILES string of the molecule is O=[N+]([O-])c1c(Cl)cccc1NCCOC1CCCC1. The maximum absolute atomic E-state index is 10.9. The normalized spacial score (nSPS) is 15.6. The Labute approximate surface area is 117 Å². The molecule has 0 atom stereocenters. The van der Waals surface area contributed by atoms with Crippen LogP contribution in [0.1, 0.15) is 25.7 Å². The molecular formula is C13H17ClN2O3. The highest BCUT2D eigenvalue weighted by atomic mass is 35.5. The van der Waals surface area contributed by atoms with Crippen molar-refractivity contribution < 1.29 is 9.66 Å². The standard InChI is InChI=1S/C13H17ClN2O3/c14-11-6-3-7-12(13(11)16(17)18)15-8-9-19-10-4-1-2-5-10/h3,6-7,10,15H,1-2,4-5,8-9H2. The number of anilines is 1. The van der Waals surface area contributed by atoms with Gasteiger partial charge in [-0.2, -0.15) is 0 Å². The Bertz CT molecular complexity index is 448. The topological polar surface area (TPSA) is 64.4 Å². The van der Waals surface area contributed by atoms with E-state index in [9.17, 15) is 10.1 Å². The fraction of sp³-hybridized carbons (Fsp3) is 0.538. The Balaban J connectivity index is 1.85. The van der Waals surface area contributed by atoms with Gasteiger partial charge in [-0.05, 0) is 25.0 Å². The highest BCUT2D eigenvalue weighted by Crippen LogP contribution is 2.32. The first-order valence-electron chi connectivity index (χ1n) is 6.47. The Kier molecular flexibility index (Phi) is 4.99. The molecule has 0 amide bonds. The molecule has 1 aromatic rings. The summed E-state index contributed by atoms with van der Waals surface area (Å²) in [7, 11) is 0. The second-order valence-electron chi connectivity index (χ2n) is 4.60. The van der Waals surface area contributed by atoms with E-state index < -0.39 is 4.92 Å². The third-order valence-corrected chi connectivity index (χ3v) is 3.55. The van der Waals surface area contributed by atoms with E-state index in [0.29, 0.717) is 24.9 Å². The van der Waals surface area contributed by atoms with Gasteiger partial charge in [0, 0.05) is 6.54 Å². The minimum atomic E-state index is -0.470. The molecule has 1 N–H and O–H groups in total. The molecule has 1 saturated carbocycles. The maximum atomic E-state index is 10.9. The van der Waals surface area contributed by atoms with Crippen LogP contribution in [0.25, 0.3) is 0 Å². The first kappa shape index (κ1) is 14.1. The van der Waals surface area contributed by atoms with Crippen molar-refractivity contribution in [3.8, 4) is 0 Å². The van der Waals surface area contributed by atoms with Crippen molar-refractivity contribution in [3.05, 3.63) is 33.3 Å². The van der Waals surface area contributed by atoms with Crippen LogP contribution in [0.2, 0.25) is 5.02 Å². The van der Waals surface area contributed by atoms with Crippen LogP contribution < -0.4 is 5.32 Å². The van der Waals surface area contributed by atoms with Gasteiger partial charge in [0.1, 0.15) is 10.7 Å². The number of ether oxygens (including phenoxy) is 1. The van der Waals surface area contributed by atoms with Gasteiger partial charge < -0.3 is 10.1 Å². The molecule has 5 nitrogen and oxygen atoms in total. The van der Waals surface area contributed by atoms with Gasteiger partial charge in [-0.15, -0.1) is 0 Å². The quantitative estimate of drug-likeness (QED) is 0.492. The number of halogens is 1. The molecule has 1 aromatic carbocycles. The van der Waals surface area contributed by atoms with Crippen molar-refractivity contribution in [2.24, 2.45) is 0 Å². The fourth-order valence-electron chi connectivity index (χ4n) is 2.31. The molecule has 104 valence electrons. The predicted octanol–water partition coefficient (Wildman–Crippen LogP) is 3.62. The first-order valence-corrected chi connectivity index (χ1v) is 6.84. The number of nitrogens with zero attached hydrogens (tertiary/aromatic N) is 1. The largest absolute Gasteiger partial charge is 0.377 e. The average molecular weight is 285 g/mol. The summed E-state index contributed by atoms with van der Waals surface area (Å²) in [6.45, 7) is 1.09. The molecule has 6 heteroatoms. The number of rotatable bonds is 6. The molecule has 1 aliphatic rings. The van der Waals surface area contributed by atoms with Gasteiger partial charge in [0.05, 0.1) is 17.6 Å². The van der Waals surface area contributed by atoms with Crippen molar-refractivity contribution in [1.82, 2.24) is 0 Å². The molecule has 0 heterocycles. The number of hydrogen-bond donors (Lipinski definition) is 1. The van der Waals surface area contributed by atoms with E-state index in [0.717, 1.165) is 12.8 Å². The monoisotopic (exact) mass is 284 g/mol. The lowest BCUT2D eigenvalue weighted by Gasteiger charge is -2.12. The average Bonchev–Trinajstić information content (AvgIpc) is 2.87. The van der Waals surface area contributed by atoms with E-state index in [2.05, 4.69) is 5.32 Å². The maximum Gasteiger partial charge on any atom is 0.310 e. The lowest BCUT2D eigenvalue weighted by atomic mass is 10.2. The van der Waals surface area contributed by atoms with Crippen LogP contribution in [-0.4, -0.2) is 24.2 Å². The molecule has 0 bridgehead atoms. The van der Waals surface area contributed by atoms with E-state index in [1.807, 2.05) is 0 Å². The molecule has 0 spiro atoms. The first-order chi connectivity index (χ1) is 9.18. The van der Waals surface area contributed by atoms with E-state index in [1.54, 1.807) is 12.1 Å². The summed E-state index contributed by atoms with van der Waals surface area (Å²) in [6, 6.07) is 4.86. The smallest absolute Gasteiger partial charge is 0.310 e. The van der Waals surface area contributed by atoms with Gasteiger partial charge in [-0.1, -0.05) is 30.5 Å². The highest BCUT2D eigenvalue weighted by Gasteiger charge is 2.18. The van der Waals surface area contributed by atoms with Crippen LogP contribution in [0, 0.1) is 10.1 Å². The molecule has 19 heavy (non-hydrogen) atoms. The molecule has 1 aliphatic carbocycles. The third kappa shape index (κ3) is 3.81. The van der Waals surface area contributed by atoms with E-state index in [-0.39, 0.29) is 10.7 Å². The zero-order valence-electron chi connectivity index (χ0n) is 10.6. The number of hydrogen-bond acceptors (Lipinski definition) is 4. The Morgan fingerprint density at radius 1 is 1.42 bits per heavy atom. The minimum Gasteiger partial charge on any atom is -0.377 e. The summed E-state index contributed by atoms with van der Waals surface area (Å²) >= 11 is 5.83. The van der Waals surface area contributed by atoms with Crippen LogP contribution in [0.3, 0.4) is 0 Å². The van der Waals surface area contributed by atoms with Gasteiger partial charge in [-0.25, -0.2) is 0 Å². The van der Waals surface area contributed by atoms with Crippen molar-refractivity contribution >= 4 is 23.0 Å². The molecule has 0 unspecified atom stereocenters. The second-order valence-corrected chi connectivity index (χ2v) is 5.00. The number of para-hydroxylation sites is 1. The van der Waals surface area contributed by atoms with Crippen LogP contribution in [0.5, 0.6) is 0 Å². The van der Waals surface area contributed by atoms with Gasteiger partial charge in [-0.3, -0.25) is 10.1 Å². The number of benzene rings is 1. The molecule has 0 aromatic heterocycles. The number of nitro benzene ring substituents is 1. The van der Waals surface area contributed by atoms with Crippen molar-refractivity contribution in [3.63, 3.8) is 0 Å². The summed E-state index contributed by atoms with van der Waals surface area (Å²) < 4.78 is 5.69. The van der Waals surface area contributed by atoms with Crippen molar-refractivity contribution in [1.29, 1.82) is 0 Å². The Hall–Kier alpha value is -1.33. The lowest BCUT2D eigenvalue weighted by Crippen LogP contribution is -2.15. The number of nitrogens with one attached hydrogen (secondary N) is 1. The second kappa shape index (κ2) is 6.73. The summed E-state index contributed by atoms with van der Waals surface area (Å²) in [6.07, 6.45) is 5.07. The van der Waals surface area contributed by atoms with Crippen LogP contribution >= 0.6 is 11.6 Å². The number of nitro groups is 1. The van der Waals surface area contributed by atoms with Crippen LogP contribution in [-0.2, 0) is 4.74 Å². The van der Waals surface area contributed by atoms with Crippen LogP contribution in [0.4, 0.5) is 11.4 Å².